The van der Waals surface area contributed by atoms with Crippen LogP contribution < -0.4 is 14.8 Å². The zero-order chi connectivity index (χ0) is 20.6. The van der Waals surface area contributed by atoms with Crippen LogP contribution >= 0.6 is 27.5 Å². The number of halogens is 2. The molecule has 158 valence electrons. The van der Waals surface area contributed by atoms with Gasteiger partial charge in [0, 0.05) is 29.7 Å². The molecule has 0 amide bonds. The van der Waals surface area contributed by atoms with Crippen molar-refractivity contribution < 1.29 is 9.47 Å². The molecule has 1 N–H and O–H groups in total. The number of rotatable bonds is 10. The monoisotopic (exact) mass is 480 g/mol. The van der Waals surface area contributed by atoms with Gasteiger partial charge in [0.05, 0.1) is 11.1 Å². The van der Waals surface area contributed by atoms with E-state index in [0.29, 0.717) is 30.0 Å². The number of likely N-dealkylation sites (tertiary alicyclic amines) is 1. The quantitative estimate of drug-likeness (QED) is 0.475. The van der Waals surface area contributed by atoms with Crippen LogP contribution in [0.3, 0.4) is 0 Å². The Morgan fingerprint density at radius 3 is 2.79 bits per heavy atom. The molecule has 6 heteroatoms. The summed E-state index contributed by atoms with van der Waals surface area (Å²) in [6.45, 7) is 9.37. The lowest BCUT2D eigenvalue weighted by Gasteiger charge is -2.23. The van der Waals surface area contributed by atoms with Crippen LogP contribution in [-0.2, 0) is 13.2 Å². The molecular formula is C23H30BrClN2O2. The van der Waals surface area contributed by atoms with Crippen molar-refractivity contribution in [2.45, 2.75) is 45.9 Å². The van der Waals surface area contributed by atoms with Crippen molar-refractivity contribution >= 4 is 27.5 Å². The summed E-state index contributed by atoms with van der Waals surface area (Å²) in [4.78, 5) is 2.56. The Hall–Kier alpha value is -1.27. The normalized spacial score (nSPS) is 16.9. The van der Waals surface area contributed by atoms with E-state index in [1.165, 1.54) is 24.9 Å². The van der Waals surface area contributed by atoms with Crippen molar-refractivity contribution in [1.82, 2.24) is 10.2 Å². The van der Waals surface area contributed by atoms with Crippen LogP contribution in [0.2, 0.25) is 5.02 Å². The summed E-state index contributed by atoms with van der Waals surface area (Å²) in [6.07, 6.45) is 2.58. The molecule has 0 aliphatic carbocycles. The highest BCUT2D eigenvalue weighted by Crippen LogP contribution is 2.38. The van der Waals surface area contributed by atoms with Crippen molar-refractivity contribution in [1.29, 1.82) is 0 Å². The highest BCUT2D eigenvalue weighted by Gasteiger charge is 2.22. The lowest BCUT2D eigenvalue weighted by atomic mass is 10.1. The van der Waals surface area contributed by atoms with E-state index in [4.69, 9.17) is 21.1 Å². The molecule has 1 saturated heterocycles. The van der Waals surface area contributed by atoms with Gasteiger partial charge in [-0.15, -0.1) is 0 Å². The summed E-state index contributed by atoms with van der Waals surface area (Å²) in [5, 5.41) is 4.32. The van der Waals surface area contributed by atoms with Crippen molar-refractivity contribution in [3.63, 3.8) is 0 Å². The standard InChI is InChI=1S/C23H30BrClN2O2/c1-3-27-11-7-9-19(27)15-26-14-17-12-20(24)23(22(13-17)28-4-2)29-16-18-8-5-6-10-21(18)25/h5-6,8,10,12-13,19,26H,3-4,7,9,11,14-16H2,1-2H3/t19-/m0/s1. The predicted molar refractivity (Wildman–Crippen MR) is 123 cm³/mol. The van der Waals surface area contributed by atoms with Crippen molar-refractivity contribution in [2.75, 3.05) is 26.2 Å². The van der Waals surface area contributed by atoms with Crippen LogP contribution in [0.1, 0.15) is 37.8 Å². The Morgan fingerprint density at radius 2 is 2.03 bits per heavy atom. The van der Waals surface area contributed by atoms with E-state index >= 15 is 0 Å². The molecule has 1 heterocycles. The average Bonchev–Trinajstić information content (AvgIpc) is 3.16. The Kier molecular flexibility index (Phi) is 8.67. The fourth-order valence-corrected chi connectivity index (χ4v) is 4.61. The molecule has 0 spiro atoms. The molecule has 2 aromatic carbocycles. The van der Waals surface area contributed by atoms with Gasteiger partial charge in [-0.25, -0.2) is 0 Å². The van der Waals surface area contributed by atoms with E-state index in [1.54, 1.807) is 0 Å². The maximum Gasteiger partial charge on any atom is 0.175 e. The maximum absolute atomic E-state index is 6.25. The third-order valence-electron chi connectivity index (χ3n) is 5.31. The number of hydrogen-bond donors (Lipinski definition) is 1. The summed E-state index contributed by atoms with van der Waals surface area (Å²) < 4.78 is 12.8. The molecule has 0 saturated carbocycles. The van der Waals surface area contributed by atoms with Crippen LogP contribution in [0.4, 0.5) is 0 Å². The van der Waals surface area contributed by atoms with Gasteiger partial charge in [-0.2, -0.15) is 0 Å². The van der Waals surface area contributed by atoms with Gasteiger partial charge < -0.3 is 14.8 Å². The van der Waals surface area contributed by atoms with E-state index in [-0.39, 0.29) is 0 Å². The molecule has 2 aromatic rings. The van der Waals surface area contributed by atoms with Crippen molar-refractivity contribution in [3.8, 4) is 11.5 Å². The third-order valence-corrected chi connectivity index (χ3v) is 6.27. The van der Waals surface area contributed by atoms with E-state index < -0.39 is 0 Å². The topological polar surface area (TPSA) is 33.7 Å². The SMILES string of the molecule is CCOc1cc(CNC[C@@H]2CCCN2CC)cc(Br)c1OCc1ccccc1Cl. The Labute approximate surface area is 187 Å². The second-order valence-corrected chi connectivity index (χ2v) is 8.54. The number of ether oxygens (including phenoxy) is 2. The van der Waals surface area contributed by atoms with E-state index in [1.807, 2.05) is 31.2 Å². The van der Waals surface area contributed by atoms with Gasteiger partial charge in [-0.1, -0.05) is 36.7 Å². The Balaban J connectivity index is 1.65. The molecule has 0 aromatic heterocycles. The molecule has 1 aliphatic rings. The fourth-order valence-electron chi connectivity index (χ4n) is 3.82. The molecule has 0 radical (unpaired) electrons. The second kappa shape index (κ2) is 11.2. The first-order valence-electron chi connectivity index (χ1n) is 10.4. The smallest absolute Gasteiger partial charge is 0.175 e. The summed E-state index contributed by atoms with van der Waals surface area (Å²) >= 11 is 9.92. The molecule has 4 nitrogen and oxygen atoms in total. The number of hydrogen-bond acceptors (Lipinski definition) is 4. The Morgan fingerprint density at radius 1 is 1.21 bits per heavy atom. The van der Waals surface area contributed by atoms with Gasteiger partial charge in [0.25, 0.3) is 0 Å². The molecule has 3 rings (SSSR count). The van der Waals surface area contributed by atoms with Crippen LogP contribution in [0.5, 0.6) is 11.5 Å². The molecule has 0 unspecified atom stereocenters. The van der Waals surface area contributed by atoms with Gasteiger partial charge >= 0.3 is 0 Å². The van der Waals surface area contributed by atoms with E-state index in [9.17, 15) is 0 Å². The molecule has 1 aliphatic heterocycles. The maximum atomic E-state index is 6.25. The fraction of sp³-hybridized carbons (Fsp3) is 0.478. The predicted octanol–water partition coefficient (Wildman–Crippen LogP) is 5.65. The highest BCUT2D eigenvalue weighted by atomic mass is 79.9. The van der Waals surface area contributed by atoms with Gasteiger partial charge in [-0.05, 0) is 72.5 Å². The molecular weight excluding hydrogens is 452 g/mol. The lowest BCUT2D eigenvalue weighted by Crippen LogP contribution is -2.37. The number of likely N-dealkylation sites (N-methyl/N-ethyl adjacent to an activating group) is 1. The lowest BCUT2D eigenvalue weighted by molar-refractivity contribution is 0.259. The van der Waals surface area contributed by atoms with Gasteiger partial charge in [-0.3, -0.25) is 4.90 Å². The Bertz CT molecular complexity index is 802. The average molecular weight is 482 g/mol. The number of nitrogens with zero attached hydrogens (tertiary/aromatic N) is 1. The second-order valence-electron chi connectivity index (χ2n) is 7.27. The summed E-state index contributed by atoms with van der Waals surface area (Å²) in [7, 11) is 0. The summed E-state index contributed by atoms with van der Waals surface area (Å²) in [5.74, 6) is 1.46. The first-order valence-corrected chi connectivity index (χ1v) is 11.6. The largest absolute Gasteiger partial charge is 0.490 e. The molecule has 0 bridgehead atoms. The summed E-state index contributed by atoms with van der Waals surface area (Å²) in [5.41, 5.74) is 2.12. The van der Waals surface area contributed by atoms with Crippen LogP contribution in [0.25, 0.3) is 0 Å². The molecule has 29 heavy (non-hydrogen) atoms. The highest BCUT2D eigenvalue weighted by molar-refractivity contribution is 9.10. The van der Waals surface area contributed by atoms with Crippen LogP contribution in [0.15, 0.2) is 40.9 Å². The van der Waals surface area contributed by atoms with Crippen molar-refractivity contribution in [3.05, 3.63) is 57.0 Å². The van der Waals surface area contributed by atoms with E-state index in [0.717, 1.165) is 35.4 Å². The van der Waals surface area contributed by atoms with Crippen LogP contribution in [-0.4, -0.2) is 37.2 Å². The zero-order valence-corrected chi connectivity index (χ0v) is 19.6. The number of nitrogens with one attached hydrogen (secondary N) is 1. The van der Waals surface area contributed by atoms with Gasteiger partial charge in [0.15, 0.2) is 11.5 Å². The van der Waals surface area contributed by atoms with E-state index in [2.05, 4.69) is 45.2 Å². The first-order chi connectivity index (χ1) is 14.1. The minimum atomic E-state index is 0.393. The minimum Gasteiger partial charge on any atom is -0.490 e. The van der Waals surface area contributed by atoms with Gasteiger partial charge in [0.1, 0.15) is 6.61 Å². The van der Waals surface area contributed by atoms with Crippen molar-refractivity contribution in [2.24, 2.45) is 0 Å². The zero-order valence-electron chi connectivity index (χ0n) is 17.2. The van der Waals surface area contributed by atoms with Gasteiger partial charge in [0.2, 0.25) is 0 Å². The molecule has 1 atom stereocenters. The first kappa shape index (κ1) is 22.4. The molecule has 1 fully saturated rings. The number of benzene rings is 2. The summed E-state index contributed by atoms with van der Waals surface area (Å²) in [6, 6.07) is 12.5. The third kappa shape index (κ3) is 6.11. The minimum absolute atomic E-state index is 0.393. The van der Waals surface area contributed by atoms with Crippen LogP contribution in [0, 0.1) is 0 Å².